The number of rotatable bonds is 2. The van der Waals surface area contributed by atoms with Crippen LogP contribution in [0.1, 0.15) is 10.4 Å². The molecular weight excluding hydrogens is 179 g/mol. The summed E-state index contributed by atoms with van der Waals surface area (Å²) in [4.78, 5) is 11.0. The number of halogens is 1. The first-order chi connectivity index (χ1) is 5.74. The van der Waals surface area contributed by atoms with Crippen LogP contribution in [0.15, 0.2) is 24.3 Å². The highest BCUT2D eigenvalue weighted by Crippen LogP contribution is 2.07. The maximum atomic E-state index is 12.4. The monoisotopic (exact) mass is 186 g/mol. The minimum absolute atomic E-state index is 0.353. The van der Waals surface area contributed by atoms with Gasteiger partial charge in [-0.25, -0.2) is 9.18 Å². The van der Waals surface area contributed by atoms with Crippen LogP contribution in [0.25, 0.3) is 0 Å². The molecule has 0 saturated carbocycles. The molecule has 0 aliphatic rings. The average Bonchev–Trinajstić information content (AvgIpc) is 2.06. The highest BCUT2D eigenvalue weighted by Gasteiger charge is 2.05. The summed E-state index contributed by atoms with van der Waals surface area (Å²) in [5, 5.41) is 0. The smallest absolute Gasteiger partial charge is 0.350 e. The molecule has 0 amide bonds. The lowest BCUT2D eigenvalue weighted by molar-refractivity contribution is 0.0769. The molecule has 0 fully saturated rings. The Hall–Kier alpha value is -1.03. The summed E-state index contributed by atoms with van der Waals surface area (Å²) in [6.07, 6.45) is 1.64. The molecule has 2 nitrogen and oxygen atoms in total. The Morgan fingerprint density at radius 3 is 2.50 bits per heavy atom. The van der Waals surface area contributed by atoms with E-state index in [2.05, 4.69) is 4.18 Å². The Bertz CT molecular complexity index is 271. The molecule has 0 atom stereocenters. The van der Waals surface area contributed by atoms with Crippen molar-refractivity contribution in [3.05, 3.63) is 35.6 Å². The van der Waals surface area contributed by atoms with E-state index in [0.29, 0.717) is 5.56 Å². The molecule has 0 radical (unpaired) electrons. The number of benzene rings is 1. The Kier molecular flexibility index (Phi) is 3.10. The topological polar surface area (TPSA) is 26.3 Å². The van der Waals surface area contributed by atoms with Crippen molar-refractivity contribution in [2.45, 2.75) is 0 Å². The first-order valence-corrected chi connectivity index (χ1v) is 4.39. The molecule has 1 aromatic carbocycles. The van der Waals surface area contributed by atoms with Gasteiger partial charge in [0.15, 0.2) is 0 Å². The normalized spacial score (nSPS) is 9.50. The molecular formula is C8H7FO2S. The van der Waals surface area contributed by atoms with Crippen molar-refractivity contribution in [3.63, 3.8) is 0 Å². The second-order valence-corrected chi connectivity index (χ2v) is 2.54. The van der Waals surface area contributed by atoms with Crippen molar-refractivity contribution in [2.24, 2.45) is 0 Å². The van der Waals surface area contributed by atoms with E-state index in [0.717, 1.165) is 12.0 Å². The van der Waals surface area contributed by atoms with Gasteiger partial charge in [-0.05, 0) is 24.3 Å². The van der Waals surface area contributed by atoms with E-state index >= 15 is 0 Å². The predicted octanol–water partition coefficient (Wildman–Crippen LogP) is 2.26. The second-order valence-electron chi connectivity index (χ2n) is 2.04. The number of hydrogen-bond acceptors (Lipinski definition) is 3. The summed E-state index contributed by atoms with van der Waals surface area (Å²) in [5.74, 6) is -0.821. The van der Waals surface area contributed by atoms with Gasteiger partial charge in [0.1, 0.15) is 5.82 Å². The zero-order valence-corrected chi connectivity index (χ0v) is 7.23. The fourth-order valence-corrected chi connectivity index (χ4v) is 0.957. The summed E-state index contributed by atoms with van der Waals surface area (Å²) in [6.45, 7) is 0. The van der Waals surface area contributed by atoms with Crippen LogP contribution in [0.4, 0.5) is 4.39 Å². The standard InChI is InChI=1S/C8H7FO2S/c1-12-11-8(10)6-2-4-7(9)5-3-6/h2-5H,1H3. The first-order valence-electron chi connectivity index (χ1n) is 3.24. The third-order valence-corrected chi connectivity index (χ3v) is 1.56. The van der Waals surface area contributed by atoms with E-state index in [4.69, 9.17) is 0 Å². The molecule has 4 heteroatoms. The fourth-order valence-electron chi connectivity index (χ4n) is 0.710. The zero-order chi connectivity index (χ0) is 8.97. The quantitative estimate of drug-likeness (QED) is 0.663. The Morgan fingerprint density at radius 2 is 2.00 bits per heavy atom. The van der Waals surface area contributed by atoms with Gasteiger partial charge in [0, 0.05) is 6.26 Å². The summed E-state index contributed by atoms with van der Waals surface area (Å²) >= 11 is 0.965. The molecule has 0 unspecified atom stereocenters. The molecule has 0 heterocycles. The Balaban J connectivity index is 2.75. The van der Waals surface area contributed by atoms with E-state index in [9.17, 15) is 9.18 Å². The van der Waals surface area contributed by atoms with Crippen LogP contribution in [-0.4, -0.2) is 12.2 Å². The minimum atomic E-state index is -0.456. The maximum Gasteiger partial charge on any atom is 0.350 e. The lowest BCUT2D eigenvalue weighted by Gasteiger charge is -1.98. The summed E-state index contributed by atoms with van der Waals surface area (Å²) in [7, 11) is 0. The highest BCUT2D eigenvalue weighted by molar-refractivity contribution is 7.94. The number of carbonyl (C=O) groups is 1. The van der Waals surface area contributed by atoms with Crippen LogP contribution in [0, 0.1) is 5.82 Å². The number of carbonyl (C=O) groups excluding carboxylic acids is 1. The van der Waals surface area contributed by atoms with Gasteiger partial charge in [0.2, 0.25) is 0 Å². The van der Waals surface area contributed by atoms with Crippen LogP contribution in [-0.2, 0) is 4.18 Å². The van der Waals surface area contributed by atoms with E-state index < -0.39 is 5.97 Å². The van der Waals surface area contributed by atoms with Crippen LogP contribution in [0.5, 0.6) is 0 Å². The first kappa shape index (κ1) is 9.06. The SMILES string of the molecule is CSOC(=O)c1ccc(F)cc1. The van der Waals surface area contributed by atoms with Gasteiger partial charge < -0.3 is 4.18 Å². The van der Waals surface area contributed by atoms with Crippen molar-refractivity contribution >= 4 is 18.0 Å². The van der Waals surface area contributed by atoms with E-state index in [1.165, 1.54) is 24.3 Å². The van der Waals surface area contributed by atoms with Crippen LogP contribution in [0.3, 0.4) is 0 Å². The van der Waals surface area contributed by atoms with Crippen LogP contribution < -0.4 is 0 Å². The van der Waals surface area contributed by atoms with Gasteiger partial charge in [-0.15, -0.1) is 0 Å². The van der Waals surface area contributed by atoms with Crippen molar-refractivity contribution < 1.29 is 13.4 Å². The molecule has 0 saturated heterocycles. The fraction of sp³-hybridized carbons (Fsp3) is 0.125. The van der Waals surface area contributed by atoms with Crippen LogP contribution in [0.2, 0.25) is 0 Å². The lowest BCUT2D eigenvalue weighted by atomic mass is 10.2. The Labute approximate surface area is 73.9 Å². The highest BCUT2D eigenvalue weighted by atomic mass is 32.2. The zero-order valence-electron chi connectivity index (χ0n) is 6.41. The molecule has 0 bridgehead atoms. The average molecular weight is 186 g/mol. The van der Waals surface area contributed by atoms with E-state index in [1.54, 1.807) is 6.26 Å². The van der Waals surface area contributed by atoms with Crippen molar-refractivity contribution in [3.8, 4) is 0 Å². The summed E-state index contributed by atoms with van der Waals surface area (Å²) < 4.78 is 17.0. The maximum absolute atomic E-state index is 12.4. The molecule has 12 heavy (non-hydrogen) atoms. The van der Waals surface area contributed by atoms with Crippen LogP contribution >= 0.6 is 12.0 Å². The second kappa shape index (κ2) is 4.11. The molecule has 64 valence electrons. The van der Waals surface area contributed by atoms with Gasteiger partial charge in [0.25, 0.3) is 0 Å². The molecule has 0 spiro atoms. The molecule has 0 N–H and O–H groups in total. The Morgan fingerprint density at radius 1 is 1.42 bits per heavy atom. The molecule has 1 rings (SSSR count). The van der Waals surface area contributed by atoms with Gasteiger partial charge in [-0.1, -0.05) is 0 Å². The molecule has 0 aliphatic carbocycles. The molecule has 0 aromatic heterocycles. The number of hydrogen-bond donors (Lipinski definition) is 0. The molecule has 0 aliphatic heterocycles. The van der Waals surface area contributed by atoms with Gasteiger partial charge in [-0.2, -0.15) is 0 Å². The van der Waals surface area contributed by atoms with Crippen molar-refractivity contribution in [1.29, 1.82) is 0 Å². The van der Waals surface area contributed by atoms with Gasteiger partial charge in [0.05, 0.1) is 17.6 Å². The van der Waals surface area contributed by atoms with Gasteiger partial charge in [-0.3, -0.25) is 0 Å². The van der Waals surface area contributed by atoms with E-state index in [1.807, 2.05) is 0 Å². The van der Waals surface area contributed by atoms with Crippen molar-refractivity contribution in [1.82, 2.24) is 0 Å². The minimum Gasteiger partial charge on any atom is -0.388 e. The summed E-state index contributed by atoms with van der Waals surface area (Å²) in [6, 6.07) is 5.20. The molecule has 1 aromatic rings. The third kappa shape index (κ3) is 2.23. The van der Waals surface area contributed by atoms with Crippen molar-refractivity contribution in [2.75, 3.05) is 6.26 Å². The summed E-state index contributed by atoms with van der Waals surface area (Å²) in [5.41, 5.74) is 0.353. The van der Waals surface area contributed by atoms with E-state index in [-0.39, 0.29) is 5.82 Å². The van der Waals surface area contributed by atoms with Gasteiger partial charge >= 0.3 is 5.97 Å². The third-order valence-electron chi connectivity index (χ3n) is 1.24. The largest absolute Gasteiger partial charge is 0.388 e. The predicted molar refractivity (Wildman–Crippen MR) is 45.3 cm³/mol. The lowest BCUT2D eigenvalue weighted by Crippen LogP contribution is -1.98.